The van der Waals surface area contributed by atoms with Gasteiger partial charge >= 0.3 is 12.1 Å². The summed E-state index contributed by atoms with van der Waals surface area (Å²) in [6, 6.07) is 7.21. The van der Waals surface area contributed by atoms with Gasteiger partial charge in [-0.2, -0.15) is 13.2 Å². The van der Waals surface area contributed by atoms with E-state index in [1.165, 1.54) is 24.3 Å². The van der Waals surface area contributed by atoms with Crippen LogP contribution in [0.15, 0.2) is 42.5 Å². The van der Waals surface area contributed by atoms with Crippen LogP contribution < -0.4 is 5.32 Å². The Hall–Kier alpha value is -3.43. The molecule has 136 valence electrons. The molecular formula is C16H11F3N2O5. The fourth-order valence-electron chi connectivity index (χ4n) is 2.12. The van der Waals surface area contributed by atoms with Gasteiger partial charge in [-0.25, -0.2) is 4.79 Å². The molecule has 26 heavy (non-hydrogen) atoms. The van der Waals surface area contributed by atoms with E-state index in [1.807, 2.05) is 0 Å². The van der Waals surface area contributed by atoms with Crippen molar-refractivity contribution < 1.29 is 32.4 Å². The first-order valence-corrected chi connectivity index (χ1v) is 6.99. The number of esters is 1. The van der Waals surface area contributed by atoms with Crippen LogP contribution in [0.3, 0.4) is 0 Å². The maximum absolute atomic E-state index is 13.1. The van der Waals surface area contributed by atoms with Crippen LogP contribution in [0.5, 0.6) is 0 Å². The summed E-state index contributed by atoms with van der Waals surface area (Å²) in [5.74, 6) is -1.82. The molecule has 2 aromatic carbocycles. The lowest BCUT2D eigenvalue weighted by Crippen LogP contribution is -2.19. The van der Waals surface area contributed by atoms with Gasteiger partial charge in [-0.3, -0.25) is 14.9 Å². The smallest absolute Gasteiger partial charge is 0.417 e. The Bertz CT molecular complexity index is 880. The van der Waals surface area contributed by atoms with Crippen LogP contribution >= 0.6 is 0 Å². The fraction of sp³-hybridized carbons (Fsp3) is 0.125. The third kappa shape index (κ3) is 4.15. The van der Waals surface area contributed by atoms with Crippen molar-refractivity contribution in [3.05, 3.63) is 69.3 Å². The summed E-state index contributed by atoms with van der Waals surface area (Å²) in [5.41, 5.74) is -2.86. The molecule has 2 aromatic rings. The molecule has 0 atom stereocenters. The Morgan fingerprint density at radius 2 is 1.85 bits per heavy atom. The summed E-state index contributed by atoms with van der Waals surface area (Å²) >= 11 is 0. The van der Waals surface area contributed by atoms with Crippen LogP contribution in [0.1, 0.15) is 26.3 Å². The molecule has 7 nitrogen and oxygen atoms in total. The summed E-state index contributed by atoms with van der Waals surface area (Å²) in [6.07, 6.45) is -4.97. The van der Waals surface area contributed by atoms with Crippen molar-refractivity contribution in [2.45, 2.75) is 6.18 Å². The molecule has 0 bridgehead atoms. The number of hydrogen-bond acceptors (Lipinski definition) is 5. The molecular weight excluding hydrogens is 357 g/mol. The van der Waals surface area contributed by atoms with Gasteiger partial charge in [0.2, 0.25) is 0 Å². The number of nitrogens with one attached hydrogen (secondary N) is 1. The van der Waals surface area contributed by atoms with Gasteiger partial charge in [0.1, 0.15) is 0 Å². The topological polar surface area (TPSA) is 98.5 Å². The molecule has 2 rings (SSSR count). The zero-order chi connectivity index (χ0) is 19.5. The molecule has 0 heterocycles. The summed E-state index contributed by atoms with van der Waals surface area (Å²) in [6.45, 7) is 0. The third-order valence-electron chi connectivity index (χ3n) is 3.31. The quantitative estimate of drug-likeness (QED) is 0.505. The van der Waals surface area contributed by atoms with Crippen molar-refractivity contribution >= 4 is 23.3 Å². The number of nitro groups is 1. The number of carbonyl (C=O) groups is 2. The van der Waals surface area contributed by atoms with Crippen LogP contribution in [0.25, 0.3) is 0 Å². The van der Waals surface area contributed by atoms with Gasteiger partial charge in [0.25, 0.3) is 11.6 Å². The molecule has 0 aromatic heterocycles. The number of methoxy groups -OCH3 is 1. The highest BCUT2D eigenvalue weighted by molar-refractivity contribution is 6.06. The van der Waals surface area contributed by atoms with E-state index < -0.39 is 39.8 Å². The molecule has 0 saturated carbocycles. The number of nitro benzene ring substituents is 1. The number of benzene rings is 2. The summed E-state index contributed by atoms with van der Waals surface area (Å²) < 4.78 is 43.9. The van der Waals surface area contributed by atoms with Gasteiger partial charge in [-0.1, -0.05) is 6.07 Å². The molecule has 0 aliphatic rings. The van der Waals surface area contributed by atoms with Gasteiger partial charge in [0.15, 0.2) is 0 Å². The third-order valence-corrected chi connectivity index (χ3v) is 3.31. The highest BCUT2D eigenvalue weighted by atomic mass is 19.4. The Labute approximate surface area is 144 Å². The molecule has 1 N–H and O–H groups in total. The van der Waals surface area contributed by atoms with E-state index in [1.54, 1.807) is 0 Å². The molecule has 0 saturated heterocycles. The number of anilines is 1. The molecule has 0 unspecified atom stereocenters. The molecule has 0 fully saturated rings. The first kappa shape index (κ1) is 18.9. The molecule has 0 aliphatic carbocycles. The number of nitrogens with zero attached hydrogens (tertiary/aromatic N) is 1. The maximum Gasteiger partial charge on any atom is 0.417 e. The van der Waals surface area contributed by atoms with Crippen LogP contribution in [0.4, 0.5) is 24.5 Å². The SMILES string of the molecule is COC(=O)c1cccc(NC(=O)c2ccc([N+](=O)[O-])cc2C(F)(F)F)c1. The Balaban J connectivity index is 2.38. The number of alkyl halides is 3. The number of hydrogen-bond donors (Lipinski definition) is 1. The minimum absolute atomic E-state index is 0.0596. The molecule has 0 radical (unpaired) electrons. The lowest BCUT2D eigenvalue weighted by atomic mass is 10.0. The van der Waals surface area contributed by atoms with E-state index in [0.29, 0.717) is 6.07 Å². The second-order valence-corrected chi connectivity index (χ2v) is 5.01. The first-order chi connectivity index (χ1) is 12.1. The van der Waals surface area contributed by atoms with Crippen molar-refractivity contribution in [2.75, 3.05) is 12.4 Å². The van der Waals surface area contributed by atoms with Crippen molar-refractivity contribution in [1.82, 2.24) is 0 Å². The second kappa shape index (κ2) is 7.21. The lowest BCUT2D eigenvalue weighted by molar-refractivity contribution is -0.385. The van der Waals surface area contributed by atoms with Gasteiger partial charge in [0.05, 0.1) is 28.7 Å². The summed E-state index contributed by atoms with van der Waals surface area (Å²) in [7, 11) is 1.15. The van der Waals surface area contributed by atoms with Crippen molar-refractivity contribution in [3.8, 4) is 0 Å². The van der Waals surface area contributed by atoms with Crippen LogP contribution in [0.2, 0.25) is 0 Å². The highest BCUT2D eigenvalue weighted by Crippen LogP contribution is 2.34. The standard InChI is InChI=1S/C16H11F3N2O5/c1-26-15(23)9-3-2-4-10(7-9)20-14(22)12-6-5-11(21(24)25)8-13(12)16(17,18)19/h2-8H,1H3,(H,20,22). The molecule has 0 aliphatic heterocycles. The number of rotatable bonds is 4. The van der Waals surface area contributed by atoms with Gasteiger partial charge < -0.3 is 10.1 Å². The van der Waals surface area contributed by atoms with E-state index >= 15 is 0 Å². The van der Waals surface area contributed by atoms with Crippen molar-refractivity contribution in [2.24, 2.45) is 0 Å². The predicted molar refractivity (Wildman–Crippen MR) is 83.8 cm³/mol. The fourth-order valence-corrected chi connectivity index (χ4v) is 2.12. The highest BCUT2D eigenvalue weighted by Gasteiger charge is 2.37. The largest absolute Gasteiger partial charge is 0.465 e. The number of amides is 1. The van der Waals surface area contributed by atoms with Crippen molar-refractivity contribution in [3.63, 3.8) is 0 Å². The zero-order valence-corrected chi connectivity index (χ0v) is 13.2. The maximum atomic E-state index is 13.1. The Morgan fingerprint density at radius 1 is 1.15 bits per heavy atom. The number of halogens is 3. The van der Waals surface area contributed by atoms with E-state index in [4.69, 9.17) is 0 Å². The Morgan fingerprint density at radius 3 is 2.42 bits per heavy atom. The normalized spacial score (nSPS) is 10.9. The number of non-ortho nitro benzene ring substituents is 1. The van der Waals surface area contributed by atoms with Gasteiger partial charge in [-0.05, 0) is 24.3 Å². The molecule has 0 spiro atoms. The van der Waals surface area contributed by atoms with Crippen LogP contribution in [-0.4, -0.2) is 23.9 Å². The van der Waals surface area contributed by atoms with Gasteiger partial charge in [-0.15, -0.1) is 0 Å². The average molecular weight is 368 g/mol. The number of ether oxygens (including phenoxy) is 1. The second-order valence-electron chi connectivity index (χ2n) is 5.01. The van der Waals surface area contributed by atoms with E-state index in [-0.39, 0.29) is 11.3 Å². The average Bonchev–Trinajstić information content (AvgIpc) is 2.59. The van der Waals surface area contributed by atoms with E-state index in [9.17, 15) is 32.9 Å². The lowest BCUT2D eigenvalue weighted by Gasteiger charge is -2.13. The number of carbonyl (C=O) groups excluding carboxylic acids is 2. The monoisotopic (exact) mass is 368 g/mol. The van der Waals surface area contributed by atoms with Crippen LogP contribution in [-0.2, 0) is 10.9 Å². The first-order valence-electron chi connectivity index (χ1n) is 6.99. The predicted octanol–water partition coefficient (Wildman–Crippen LogP) is 3.65. The summed E-state index contributed by atoms with van der Waals surface area (Å²) in [5, 5.41) is 12.9. The molecule has 1 amide bonds. The van der Waals surface area contributed by atoms with Crippen molar-refractivity contribution in [1.29, 1.82) is 0 Å². The van der Waals surface area contributed by atoms with E-state index in [0.717, 1.165) is 19.2 Å². The minimum Gasteiger partial charge on any atom is -0.465 e. The Kier molecular flexibility index (Phi) is 5.24. The van der Waals surface area contributed by atoms with Crippen LogP contribution in [0, 0.1) is 10.1 Å². The molecule has 10 heteroatoms. The minimum atomic E-state index is -4.97. The zero-order valence-electron chi connectivity index (χ0n) is 13.2. The van der Waals surface area contributed by atoms with E-state index in [2.05, 4.69) is 10.1 Å². The summed E-state index contributed by atoms with van der Waals surface area (Å²) in [4.78, 5) is 33.4. The van der Waals surface area contributed by atoms with Gasteiger partial charge in [0, 0.05) is 17.8 Å².